The first-order chi connectivity index (χ1) is 15.4. The lowest BCUT2D eigenvalue weighted by molar-refractivity contribution is 0.0936. The van der Waals surface area contributed by atoms with Gasteiger partial charge < -0.3 is 5.32 Å². The number of rotatable bonds is 2. The first-order valence-corrected chi connectivity index (χ1v) is 11.0. The van der Waals surface area contributed by atoms with Gasteiger partial charge in [-0.3, -0.25) is 15.2 Å². The Morgan fingerprint density at radius 3 is 2.47 bits per heavy atom. The zero-order chi connectivity index (χ0) is 22.1. The van der Waals surface area contributed by atoms with Crippen molar-refractivity contribution >= 4 is 28.1 Å². The number of aryl methyl sites for hydroxylation is 1. The van der Waals surface area contributed by atoms with Gasteiger partial charge in [0.1, 0.15) is 5.66 Å². The summed E-state index contributed by atoms with van der Waals surface area (Å²) in [5, 5.41) is 8.23. The van der Waals surface area contributed by atoms with Gasteiger partial charge in [0.05, 0.1) is 11.1 Å². The first-order valence-electron chi connectivity index (χ1n) is 11.0. The first kappa shape index (κ1) is 18.9. The van der Waals surface area contributed by atoms with Crippen molar-refractivity contribution in [2.75, 3.05) is 10.3 Å². The van der Waals surface area contributed by atoms with Crippen LogP contribution in [0.25, 0.3) is 10.8 Å². The fraction of sp³-hybridized carbons (Fsp3) is 0.179. The summed E-state index contributed by atoms with van der Waals surface area (Å²) in [6.07, 6.45) is 0. The van der Waals surface area contributed by atoms with Crippen molar-refractivity contribution in [3.8, 4) is 0 Å². The summed E-state index contributed by atoms with van der Waals surface area (Å²) in [7, 11) is 0. The number of hydrazine groups is 1. The number of hydrogen-bond acceptors (Lipinski definition) is 3. The van der Waals surface area contributed by atoms with Crippen LogP contribution >= 0.6 is 0 Å². The molecule has 0 bridgehead atoms. The van der Waals surface area contributed by atoms with E-state index >= 15 is 0 Å². The third-order valence-electron chi connectivity index (χ3n) is 7.41. The second-order valence-electron chi connectivity index (χ2n) is 9.19. The summed E-state index contributed by atoms with van der Waals surface area (Å²) in [6, 6.07) is 28.7. The highest BCUT2D eigenvalue weighted by molar-refractivity contribution is 6.00. The summed E-state index contributed by atoms with van der Waals surface area (Å²) in [5.41, 5.74) is 8.80. The Balaban J connectivity index is 1.61. The van der Waals surface area contributed by atoms with Crippen molar-refractivity contribution in [3.05, 3.63) is 107 Å². The predicted molar refractivity (Wildman–Crippen MR) is 130 cm³/mol. The zero-order valence-corrected chi connectivity index (χ0v) is 18.4. The fourth-order valence-corrected chi connectivity index (χ4v) is 5.63. The molecular weight excluding hydrogens is 394 g/mol. The van der Waals surface area contributed by atoms with Crippen molar-refractivity contribution < 1.29 is 4.79 Å². The molecule has 4 nitrogen and oxygen atoms in total. The summed E-state index contributed by atoms with van der Waals surface area (Å²) in [4.78, 5) is 13.3. The van der Waals surface area contributed by atoms with E-state index in [4.69, 9.17) is 0 Å². The summed E-state index contributed by atoms with van der Waals surface area (Å²) in [6.45, 7) is 6.61. The molecular formula is C28H25N3O. The molecule has 0 spiro atoms. The molecule has 2 N–H and O–H groups in total. The van der Waals surface area contributed by atoms with Crippen LogP contribution in [-0.4, -0.2) is 11.6 Å². The van der Waals surface area contributed by atoms with E-state index in [2.05, 4.69) is 86.1 Å². The molecule has 4 aromatic rings. The molecule has 4 aromatic carbocycles. The molecule has 0 fully saturated rings. The van der Waals surface area contributed by atoms with Gasteiger partial charge in [0.15, 0.2) is 0 Å². The average Bonchev–Trinajstić information content (AvgIpc) is 3.15. The number of anilines is 2. The van der Waals surface area contributed by atoms with E-state index in [9.17, 15) is 4.79 Å². The van der Waals surface area contributed by atoms with Gasteiger partial charge in [-0.2, -0.15) is 0 Å². The molecule has 0 radical (unpaired) electrons. The van der Waals surface area contributed by atoms with Crippen LogP contribution in [0.3, 0.4) is 0 Å². The van der Waals surface area contributed by atoms with E-state index in [1.807, 2.05) is 35.3 Å². The van der Waals surface area contributed by atoms with Crippen molar-refractivity contribution in [2.24, 2.45) is 0 Å². The minimum absolute atomic E-state index is 0.121. The molecule has 0 saturated carbocycles. The van der Waals surface area contributed by atoms with Gasteiger partial charge in [0.25, 0.3) is 5.91 Å². The number of nitrogens with one attached hydrogen (secondary N) is 2. The van der Waals surface area contributed by atoms with E-state index in [-0.39, 0.29) is 11.3 Å². The lowest BCUT2D eigenvalue weighted by Gasteiger charge is -2.42. The maximum atomic E-state index is 13.3. The maximum absolute atomic E-state index is 13.3. The molecule has 2 atom stereocenters. The van der Waals surface area contributed by atoms with Crippen LogP contribution in [0.5, 0.6) is 0 Å². The van der Waals surface area contributed by atoms with E-state index in [1.165, 1.54) is 27.5 Å². The normalized spacial score (nSPS) is 22.8. The molecule has 0 aromatic heterocycles. The van der Waals surface area contributed by atoms with Crippen LogP contribution in [0, 0.1) is 6.92 Å². The minimum atomic E-state index is -0.569. The van der Waals surface area contributed by atoms with E-state index < -0.39 is 5.66 Å². The fourth-order valence-electron chi connectivity index (χ4n) is 5.63. The van der Waals surface area contributed by atoms with Crippen LogP contribution in [0.1, 0.15) is 40.9 Å². The average molecular weight is 420 g/mol. The third kappa shape index (κ3) is 2.29. The van der Waals surface area contributed by atoms with Gasteiger partial charge in [-0.05, 0) is 66.9 Å². The van der Waals surface area contributed by atoms with Crippen LogP contribution in [-0.2, 0) is 5.41 Å². The van der Waals surface area contributed by atoms with Gasteiger partial charge >= 0.3 is 0 Å². The number of amides is 1. The van der Waals surface area contributed by atoms with Crippen molar-refractivity contribution in [2.45, 2.75) is 31.8 Å². The number of hydrogen-bond donors (Lipinski definition) is 2. The smallest absolute Gasteiger partial charge is 0.269 e. The Hall–Kier alpha value is -3.79. The molecule has 2 heterocycles. The highest BCUT2D eigenvalue weighted by Gasteiger charge is 2.63. The Bertz CT molecular complexity index is 1400. The number of nitrogens with zero attached hydrogens (tertiary/aromatic N) is 1. The molecule has 2 aliphatic rings. The summed E-state index contributed by atoms with van der Waals surface area (Å²) in [5.74, 6) is -0.121. The molecule has 2 aliphatic heterocycles. The highest BCUT2D eigenvalue weighted by Crippen LogP contribution is 2.61. The van der Waals surface area contributed by atoms with Crippen LogP contribution < -0.4 is 15.8 Å². The Labute approximate surface area is 187 Å². The summed E-state index contributed by atoms with van der Waals surface area (Å²) < 4.78 is 0. The van der Waals surface area contributed by atoms with Crippen LogP contribution in [0.15, 0.2) is 84.9 Å². The van der Waals surface area contributed by atoms with E-state index in [0.717, 1.165) is 11.4 Å². The predicted octanol–water partition coefficient (Wildman–Crippen LogP) is 5.76. The minimum Gasteiger partial charge on any atom is -0.360 e. The van der Waals surface area contributed by atoms with Crippen molar-refractivity contribution in [1.29, 1.82) is 0 Å². The van der Waals surface area contributed by atoms with Crippen LogP contribution in [0.2, 0.25) is 0 Å². The number of benzene rings is 4. The topological polar surface area (TPSA) is 44.4 Å². The number of carbonyl (C=O) groups is 1. The second-order valence-corrected chi connectivity index (χ2v) is 9.19. The van der Waals surface area contributed by atoms with Crippen molar-refractivity contribution in [3.63, 3.8) is 0 Å². The van der Waals surface area contributed by atoms with Gasteiger partial charge in [-0.1, -0.05) is 66.2 Å². The molecule has 32 heavy (non-hydrogen) atoms. The number of fused-ring (bicyclic) bond motifs is 7. The Morgan fingerprint density at radius 1 is 0.906 bits per heavy atom. The monoisotopic (exact) mass is 419 g/mol. The van der Waals surface area contributed by atoms with Crippen LogP contribution in [0.4, 0.5) is 11.4 Å². The lowest BCUT2D eigenvalue weighted by Crippen LogP contribution is -2.62. The molecule has 0 saturated heterocycles. The van der Waals surface area contributed by atoms with E-state index in [0.29, 0.717) is 5.56 Å². The largest absolute Gasteiger partial charge is 0.360 e. The van der Waals surface area contributed by atoms with Gasteiger partial charge in [-0.25, -0.2) is 0 Å². The Morgan fingerprint density at radius 2 is 1.66 bits per heavy atom. The molecule has 0 aliphatic carbocycles. The summed E-state index contributed by atoms with van der Waals surface area (Å²) >= 11 is 0. The second kappa shape index (κ2) is 6.36. The molecule has 158 valence electrons. The number of carbonyl (C=O) groups excluding carboxylic acids is 1. The lowest BCUT2D eigenvalue weighted by atomic mass is 9.70. The van der Waals surface area contributed by atoms with Gasteiger partial charge in [0, 0.05) is 11.3 Å². The van der Waals surface area contributed by atoms with Gasteiger partial charge in [-0.15, -0.1) is 0 Å². The third-order valence-corrected chi connectivity index (χ3v) is 7.41. The Kier molecular flexibility index (Phi) is 3.76. The molecule has 6 rings (SSSR count). The van der Waals surface area contributed by atoms with Crippen molar-refractivity contribution in [1.82, 2.24) is 5.43 Å². The highest BCUT2D eigenvalue weighted by atomic mass is 16.2. The molecule has 0 unspecified atom stereocenters. The van der Waals surface area contributed by atoms with Gasteiger partial charge in [0.2, 0.25) is 0 Å². The molecule has 1 amide bonds. The zero-order valence-electron chi connectivity index (χ0n) is 18.4. The maximum Gasteiger partial charge on any atom is 0.269 e. The SMILES string of the molecule is Cc1ccc2c(c1)[C@@]1(C)c3c(ccc4ccccc34)N(NC(=O)c3ccccc3)[C@@]1(C)N2. The quantitative estimate of drug-likeness (QED) is 0.434. The molecule has 4 heteroatoms. The standard InChI is InChI=1S/C28H25N3O/c1-18-13-15-23-22(17-18)27(2)25-21-12-8-7-9-19(21)14-16-24(25)31(28(27,3)29-23)30-26(32)20-10-5-4-6-11-20/h4-17,29H,1-3H3,(H,30,32)/t27-,28+/m0/s1. The van der Waals surface area contributed by atoms with E-state index in [1.54, 1.807) is 0 Å².